The predicted molar refractivity (Wildman–Crippen MR) is 374 cm³/mol. The van der Waals surface area contributed by atoms with E-state index < -0.39 is 126 Å². The first-order valence-electron chi connectivity index (χ1n) is 35.6. The van der Waals surface area contributed by atoms with E-state index in [-0.39, 0.29) is 67.7 Å². The first kappa shape index (κ1) is 81.1. The van der Waals surface area contributed by atoms with Crippen molar-refractivity contribution in [2.45, 2.75) is 193 Å². The van der Waals surface area contributed by atoms with Gasteiger partial charge in [-0.25, -0.2) is 24.5 Å². The van der Waals surface area contributed by atoms with Crippen LogP contribution in [-0.2, 0) is 68.4 Å². The van der Waals surface area contributed by atoms with Gasteiger partial charge in [-0.3, -0.25) is 24.0 Å². The fourth-order valence-electron chi connectivity index (χ4n) is 13.5. The topological polar surface area (TPSA) is 391 Å². The number of esters is 1. The summed E-state index contributed by atoms with van der Waals surface area (Å²) in [6.07, 6.45) is 11.3. The number of hydrogen-bond acceptors (Lipinski definition) is 26. The van der Waals surface area contributed by atoms with Crippen molar-refractivity contribution in [3.05, 3.63) is 77.3 Å². The van der Waals surface area contributed by atoms with Crippen LogP contribution in [0, 0.1) is 29.6 Å². The number of methoxy groups -OCH3 is 2. The summed E-state index contributed by atoms with van der Waals surface area (Å²) >= 11 is 0. The molecule has 0 spiro atoms. The Labute approximate surface area is 592 Å². The minimum absolute atomic E-state index is 0.00453. The first-order valence-corrected chi connectivity index (χ1v) is 35.6. The van der Waals surface area contributed by atoms with E-state index in [1.165, 1.54) is 26.3 Å². The number of Topliss-reactive ketones (excluding diaryl/α,β-unsaturated/α-hetero) is 3. The van der Waals surface area contributed by atoms with Crippen LogP contribution in [0.2, 0.25) is 0 Å². The Hall–Kier alpha value is -7.19. The number of hydrogen-bond donors (Lipinski definition) is 7. The fourth-order valence-corrected chi connectivity index (χ4v) is 13.5. The van der Waals surface area contributed by atoms with Crippen LogP contribution in [0.4, 0.5) is 22.5 Å². The van der Waals surface area contributed by atoms with E-state index in [0.717, 1.165) is 10.5 Å². The van der Waals surface area contributed by atoms with E-state index in [1.54, 1.807) is 40.3 Å². The molecule has 29 heteroatoms. The number of anilines is 3. The fraction of sp³-hybridized carbons (Fsp3) is 0.681. The summed E-state index contributed by atoms with van der Waals surface area (Å²) < 4.78 is 46.3. The van der Waals surface area contributed by atoms with Gasteiger partial charge in [0.05, 0.1) is 56.9 Å². The van der Waals surface area contributed by atoms with E-state index in [1.807, 2.05) is 61.0 Å². The highest BCUT2D eigenvalue weighted by Crippen LogP contribution is 2.38. The van der Waals surface area contributed by atoms with Crippen molar-refractivity contribution in [2.75, 3.05) is 109 Å². The Balaban J connectivity index is 0.951. The maximum Gasteiger partial charge on any atom is 0.407 e. The molecule has 1 saturated carbocycles. The number of ketones is 3. The quantitative estimate of drug-likeness (QED) is 0.0393. The number of nitrogens with one attached hydrogen (secondary N) is 2. The SMILES string of the molecule is CCOCCOCCOCCNC(=O)c1cnc(N2CCN(c3ncc(CNC(=O)O[C@@H]4CC[C@@H](C[C@@H](N)[C@@H]5CC(=O)[C@H](C)/C=C(\C)[C@@H](O)[C@@H](O)C(=O)[C@H](C)C[C@H](C)/C=C/C=C/C=C(\C)[C@@H](OC)C[C@@H]6CC[C@@H](C)[C@@](O)(O6)C(=O)C(=O)N6CCCC[C@H]6C(=O)O5)C[C@H]4OC)cn3)CC2)nc1N. The number of carbonyl (C=O) groups is 7. The van der Waals surface area contributed by atoms with Crippen LogP contribution in [0.1, 0.15) is 141 Å². The molecule has 3 amide bonds. The number of fused-ring (bicyclic) bond motifs is 3. The number of carbonyl (C=O) groups excluding carboxylic acids is 7. The smallest absolute Gasteiger partial charge is 0.407 e. The Morgan fingerprint density at radius 1 is 0.762 bits per heavy atom. The van der Waals surface area contributed by atoms with Gasteiger partial charge in [0.1, 0.15) is 42.1 Å². The summed E-state index contributed by atoms with van der Waals surface area (Å²) in [4.78, 5) is 121. The van der Waals surface area contributed by atoms with Gasteiger partial charge in [-0.05, 0) is 108 Å². The molecule has 7 rings (SSSR count). The van der Waals surface area contributed by atoms with Crippen molar-refractivity contribution in [1.82, 2.24) is 35.5 Å². The number of alkyl carbamates (subject to hydrolysis) is 1. The van der Waals surface area contributed by atoms with E-state index in [0.29, 0.717) is 135 Å². The van der Waals surface area contributed by atoms with E-state index in [9.17, 15) is 48.9 Å². The number of aromatic nitrogens is 4. The number of rotatable bonds is 21. The summed E-state index contributed by atoms with van der Waals surface area (Å²) in [6.45, 7) is 17.4. The van der Waals surface area contributed by atoms with Crippen LogP contribution in [-0.4, -0.2) is 235 Å². The van der Waals surface area contributed by atoms with E-state index in [2.05, 4.69) is 30.6 Å². The first-order chi connectivity index (χ1) is 48.3. The van der Waals surface area contributed by atoms with Gasteiger partial charge in [0.15, 0.2) is 5.78 Å². The van der Waals surface area contributed by atoms with Crippen molar-refractivity contribution in [1.29, 1.82) is 0 Å². The zero-order valence-corrected chi connectivity index (χ0v) is 60.2. The molecular weight excluding hydrogens is 1310 g/mol. The van der Waals surface area contributed by atoms with Gasteiger partial charge in [-0.15, -0.1) is 0 Å². The number of nitrogens with two attached hydrogens (primary N) is 2. The lowest BCUT2D eigenvalue weighted by Crippen LogP contribution is -2.61. The highest BCUT2D eigenvalue weighted by molar-refractivity contribution is 6.39. The highest BCUT2D eigenvalue weighted by Gasteiger charge is 2.53. The number of aliphatic hydroxyl groups is 3. The third kappa shape index (κ3) is 23.4. The second-order valence-corrected chi connectivity index (χ2v) is 27.3. The second kappa shape index (κ2) is 40.0. The number of aliphatic hydroxyl groups excluding tert-OH is 2. The molecule has 0 radical (unpaired) electrons. The summed E-state index contributed by atoms with van der Waals surface area (Å²) in [5.74, 6) is -8.81. The Kier molecular flexibility index (Phi) is 32.1. The average molecular weight is 1420 g/mol. The molecule has 6 heterocycles. The molecule has 4 aliphatic heterocycles. The van der Waals surface area contributed by atoms with Crippen molar-refractivity contribution in [3.8, 4) is 0 Å². The van der Waals surface area contributed by atoms with Gasteiger partial charge in [-0.1, -0.05) is 64.2 Å². The lowest BCUT2D eigenvalue weighted by atomic mass is 9.80. The predicted octanol–water partition coefficient (Wildman–Crippen LogP) is 4.44. The molecule has 15 atom stereocenters. The molecule has 0 aromatic carbocycles. The standard InChI is InChI=1S/C72H109N11O18/c1-10-96-30-31-98-33-32-97-29-23-75-66(89)53-43-78-70(80-65(53)74)82-27-25-81(26-28-82)69-76-40-51(41-77-69)42-79-71(92)100-57-22-20-50(37-60(57)95-9)36-54(73)59-39-56(84)46(4)35-48(6)62(86)63(87)61(85)47(5)34-44(2)16-12-11-13-17-45(3)58(94-8)38-52-21-19-49(7)72(93,101-52)64(88)67(90)83-24-15-14-18-55(83)68(91)99-59/h11-13,16-17,35,40-41,43-44,46-47,49-50,52,54-55,57-60,62-63,86-87,93H,10,14-15,18-34,36-39,42,73H2,1-9H3,(H,75,89)(H,79,92)(H2,74,78,80)/b13-11+,16-12+,45-17+,48-35+/t44-,46-,47-,49-,50+,52+,54-,55+,57-,58+,59+,60-,62-,63+,72-/m1/s1. The van der Waals surface area contributed by atoms with E-state index in [4.69, 9.17) is 49.4 Å². The summed E-state index contributed by atoms with van der Waals surface area (Å²) in [5.41, 5.74) is 15.0. The monoisotopic (exact) mass is 1420 g/mol. The number of nitrogens with zero attached hydrogens (tertiary/aromatic N) is 7. The van der Waals surface area contributed by atoms with Crippen molar-refractivity contribution in [2.24, 2.45) is 35.3 Å². The van der Waals surface area contributed by atoms with Crippen LogP contribution in [0.5, 0.6) is 0 Å². The van der Waals surface area contributed by atoms with Gasteiger partial charge in [0.25, 0.3) is 17.6 Å². The molecule has 2 aromatic heterocycles. The largest absolute Gasteiger partial charge is 0.459 e. The Morgan fingerprint density at radius 3 is 2.13 bits per heavy atom. The van der Waals surface area contributed by atoms with Crippen LogP contribution in [0.25, 0.3) is 0 Å². The Bertz CT molecular complexity index is 3180. The molecule has 4 fully saturated rings. The number of allylic oxidation sites excluding steroid dienone is 6. The molecule has 0 unspecified atom stereocenters. The summed E-state index contributed by atoms with van der Waals surface area (Å²) in [6, 6.07) is -2.26. The number of piperazine rings is 1. The molecule has 9 N–H and O–H groups in total. The molecule has 29 nitrogen and oxygen atoms in total. The van der Waals surface area contributed by atoms with Crippen LogP contribution >= 0.6 is 0 Å². The number of amides is 3. The van der Waals surface area contributed by atoms with Gasteiger partial charge in [0, 0.05) is 127 Å². The molecular formula is C72H109N11O18. The minimum atomic E-state index is -2.51. The maximum atomic E-state index is 14.7. The summed E-state index contributed by atoms with van der Waals surface area (Å²) in [7, 11) is 3.06. The minimum Gasteiger partial charge on any atom is -0.459 e. The lowest BCUT2D eigenvalue weighted by molar-refractivity contribution is -0.265. The normalized spacial score (nSPS) is 31.0. The average Bonchev–Trinajstić information content (AvgIpc) is 0.773. The van der Waals surface area contributed by atoms with Gasteiger partial charge < -0.3 is 90.0 Å². The zero-order chi connectivity index (χ0) is 73.3. The summed E-state index contributed by atoms with van der Waals surface area (Å²) in [5, 5.41) is 40.1. The number of nitrogen functional groups attached to an aromatic ring is 1. The highest BCUT2D eigenvalue weighted by atomic mass is 16.6. The van der Waals surface area contributed by atoms with Crippen molar-refractivity contribution in [3.63, 3.8) is 0 Å². The molecule has 2 aromatic rings. The molecule has 101 heavy (non-hydrogen) atoms. The second-order valence-electron chi connectivity index (χ2n) is 27.3. The van der Waals surface area contributed by atoms with Gasteiger partial charge >= 0.3 is 12.1 Å². The van der Waals surface area contributed by atoms with Crippen LogP contribution < -0.4 is 31.9 Å². The maximum absolute atomic E-state index is 14.7. The van der Waals surface area contributed by atoms with Crippen molar-refractivity contribution >= 4 is 58.9 Å². The zero-order valence-electron chi connectivity index (χ0n) is 60.2. The lowest BCUT2D eigenvalue weighted by Gasteiger charge is -2.42. The van der Waals surface area contributed by atoms with E-state index >= 15 is 0 Å². The van der Waals surface area contributed by atoms with Crippen molar-refractivity contribution < 1.29 is 86.8 Å². The van der Waals surface area contributed by atoms with Crippen LogP contribution in [0.3, 0.4) is 0 Å². The van der Waals surface area contributed by atoms with Gasteiger partial charge in [0.2, 0.25) is 17.7 Å². The third-order valence-corrected chi connectivity index (χ3v) is 19.7. The third-order valence-electron chi connectivity index (χ3n) is 19.7. The Morgan fingerprint density at radius 2 is 1.45 bits per heavy atom. The number of ether oxygens (including phenoxy) is 8. The number of piperidine rings is 1. The van der Waals surface area contributed by atoms with Crippen LogP contribution in [0.15, 0.2) is 66.2 Å². The molecule has 1 aliphatic carbocycles. The molecule has 5 aliphatic rings. The number of cyclic esters (lactones) is 1. The molecule has 2 bridgehead atoms. The molecule has 3 saturated heterocycles. The molecule has 560 valence electrons. The van der Waals surface area contributed by atoms with Gasteiger partial charge in [-0.2, -0.15) is 4.98 Å².